The van der Waals surface area contributed by atoms with Gasteiger partial charge in [-0.15, -0.1) is 0 Å². The molecular formula is C14H16N4O. The van der Waals surface area contributed by atoms with E-state index in [1.54, 1.807) is 10.9 Å². The van der Waals surface area contributed by atoms with Crippen molar-refractivity contribution in [1.29, 1.82) is 0 Å². The summed E-state index contributed by atoms with van der Waals surface area (Å²) in [6.45, 7) is 2.92. The zero-order chi connectivity index (χ0) is 13.2. The van der Waals surface area contributed by atoms with E-state index < -0.39 is 0 Å². The minimum atomic E-state index is -0.235. The van der Waals surface area contributed by atoms with Crippen molar-refractivity contribution in [3.8, 4) is 5.69 Å². The van der Waals surface area contributed by atoms with E-state index in [2.05, 4.69) is 22.7 Å². The highest BCUT2D eigenvalue weighted by atomic mass is 16.2. The Kier molecular flexibility index (Phi) is 3.05. The summed E-state index contributed by atoms with van der Waals surface area (Å²) in [5, 5.41) is 10.4. The van der Waals surface area contributed by atoms with Gasteiger partial charge < -0.3 is 10.6 Å². The predicted molar refractivity (Wildman–Crippen MR) is 73.2 cm³/mol. The highest BCUT2D eigenvalue weighted by molar-refractivity contribution is 6.02. The minimum absolute atomic E-state index is 0.0149. The average molecular weight is 256 g/mol. The van der Waals surface area contributed by atoms with Crippen LogP contribution in [0, 0.1) is 0 Å². The van der Waals surface area contributed by atoms with E-state index in [1.165, 1.54) is 0 Å². The average Bonchev–Trinajstić information content (AvgIpc) is 3.03. The number of fused-ring (bicyclic) bond motifs is 1. The predicted octanol–water partition coefficient (Wildman–Crippen LogP) is 1.87. The molecule has 1 aromatic carbocycles. The number of rotatable bonds is 4. The van der Waals surface area contributed by atoms with E-state index >= 15 is 0 Å². The molecule has 1 aromatic heterocycles. The highest BCUT2D eigenvalue weighted by Gasteiger charge is 2.29. The Bertz CT molecular complexity index is 591. The quantitative estimate of drug-likeness (QED) is 0.878. The maximum absolute atomic E-state index is 11.9. The van der Waals surface area contributed by atoms with Crippen molar-refractivity contribution in [2.45, 2.75) is 19.4 Å². The van der Waals surface area contributed by atoms with Crippen molar-refractivity contribution in [1.82, 2.24) is 15.1 Å². The molecule has 0 saturated heterocycles. The number of anilines is 1. The van der Waals surface area contributed by atoms with Crippen LogP contribution in [-0.4, -0.2) is 22.2 Å². The molecule has 1 aliphatic rings. The van der Waals surface area contributed by atoms with E-state index in [1.807, 2.05) is 30.5 Å². The molecule has 0 aliphatic carbocycles. The molecule has 2 heterocycles. The first-order valence-electron chi connectivity index (χ1n) is 6.48. The van der Waals surface area contributed by atoms with E-state index in [0.29, 0.717) is 0 Å². The molecule has 1 unspecified atom stereocenters. The second kappa shape index (κ2) is 4.85. The van der Waals surface area contributed by atoms with Gasteiger partial charge in [0.2, 0.25) is 5.91 Å². The molecule has 0 fully saturated rings. The van der Waals surface area contributed by atoms with Crippen LogP contribution in [0.1, 0.15) is 24.9 Å². The van der Waals surface area contributed by atoms with E-state index in [-0.39, 0.29) is 11.9 Å². The van der Waals surface area contributed by atoms with Crippen molar-refractivity contribution in [2.75, 3.05) is 11.9 Å². The largest absolute Gasteiger partial charge is 0.324 e. The monoisotopic (exact) mass is 256 g/mol. The Morgan fingerprint density at radius 1 is 1.47 bits per heavy atom. The molecule has 5 nitrogen and oxygen atoms in total. The second-order valence-electron chi connectivity index (χ2n) is 4.60. The number of aromatic nitrogens is 2. The van der Waals surface area contributed by atoms with E-state index in [9.17, 15) is 4.79 Å². The van der Waals surface area contributed by atoms with Crippen LogP contribution in [0.4, 0.5) is 5.69 Å². The SMILES string of the molecule is CCCNC1C(=O)Nc2cc(-n3cccn3)ccc21. The number of nitrogens with one attached hydrogen (secondary N) is 2. The van der Waals surface area contributed by atoms with Crippen molar-refractivity contribution >= 4 is 11.6 Å². The van der Waals surface area contributed by atoms with Gasteiger partial charge in [0.1, 0.15) is 6.04 Å². The van der Waals surface area contributed by atoms with Crippen LogP contribution in [0.25, 0.3) is 5.69 Å². The van der Waals surface area contributed by atoms with Gasteiger partial charge in [-0.3, -0.25) is 4.79 Å². The fourth-order valence-electron chi connectivity index (χ4n) is 2.31. The van der Waals surface area contributed by atoms with Gasteiger partial charge in [-0.05, 0) is 31.2 Å². The third kappa shape index (κ3) is 2.13. The van der Waals surface area contributed by atoms with Crippen molar-refractivity contribution in [2.24, 2.45) is 0 Å². The van der Waals surface area contributed by atoms with E-state index in [0.717, 1.165) is 29.9 Å². The van der Waals surface area contributed by atoms with Crippen molar-refractivity contribution < 1.29 is 4.79 Å². The minimum Gasteiger partial charge on any atom is -0.324 e. The molecule has 1 amide bonds. The molecule has 0 bridgehead atoms. The van der Waals surface area contributed by atoms with Gasteiger partial charge in [0.15, 0.2) is 0 Å². The summed E-state index contributed by atoms with van der Waals surface area (Å²) in [6.07, 6.45) is 4.62. The molecule has 1 atom stereocenters. The number of hydrogen-bond acceptors (Lipinski definition) is 3. The van der Waals surface area contributed by atoms with Crippen LogP contribution < -0.4 is 10.6 Å². The molecule has 5 heteroatoms. The lowest BCUT2D eigenvalue weighted by molar-refractivity contribution is -0.117. The summed E-state index contributed by atoms with van der Waals surface area (Å²) in [6, 6.07) is 7.55. The first kappa shape index (κ1) is 11.9. The number of hydrogen-bond donors (Lipinski definition) is 2. The summed E-state index contributed by atoms with van der Waals surface area (Å²) < 4.78 is 1.78. The van der Waals surface area contributed by atoms with Gasteiger partial charge in [-0.25, -0.2) is 4.68 Å². The second-order valence-corrected chi connectivity index (χ2v) is 4.60. The van der Waals surface area contributed by atoms with Gasteiger partial charge in [0.05, 0.1) is 5.69 Å². The van der Waals surface area contributed by atoms with Crippen LogP contribution in [-0.2, 0) is 4.79 Å². The van der Waals surface area contributed by atoms with E-state index in [4.69, 9.17) is 0 Å². The third-order valence-electron chi connectivity index (χ3n) is 3.24. The summed E-state index contributed by atoms with van der Waals surface area (Å²) in [7, 11) is 0. The van der Waals surface area contributed by atoms with Gasteiger partial charge in [0.25, 0.3) is 0 Å². The molecule has 98 valence electrons. The first-order valence-corrected chi connectivity index (χ1v) is 6.48. The lowest BCUT2D eigenvalue weighted by atomic mass is 10.1. The number of benzene rings is 1. The zero-order valence-corrected chi connectivity index (χ0v) is 10.8. The smallest absolute Gasteiger partial charge is 0.246 e. The Hall–Kier alpha value is -2.14. The molecule has 0 radical (unpaired) electrons. The standard InChI is InChI=1S/C14H16N4O/c1-2-6-15-13-11-5-4-10(18-8-3-7-16-18)9-12(11)17-14(13)19/h3-5,7-9,13,15H,2,6H2,1H3,(H,17,19). The molecule has 0 saturated carbocycles. The van der Waals surface area contributed by atoms with Crippen molar-refractivity contribution in [3.63, 3.8) is 0 Å². The summed E-state index contributed by atoms with van der Waals surface area (Å²) >= 11 is 0. The number of nitrogens with zero attached hydrogens (tertiary/aromatic N) is 2. The fraction of sp³-hybridized carbons (Fsp3) is 0.286. The first-order chi connectivity index (χ1) is 9.29. The molecule has 19 heavy (non-hydrogen) atoms. The molecule has 0 spiro atoms. The van der Waals surface area contributed by atoms with Crippen LogP contribution in [0.5, 0.6) is 0 Å². The Balaban J connectivity index is 1.91. The lowest BCUT2D eigenvalue weighted by Crippen LogP contribution is -2.27. The number of amides is 1. The van der Waals surface area contributed by atoms with Crippen LogP contribution >= 0.6 is 0 Å². The van der Waals surface area contributed by atoms with Gasteiger partial charge in [-0.2, -0.15) is 5.10 Å². The van der Waals surface area contributed by atoms with Crippen LogP contribution in [0.2, 0.25) is 0 Å². The molecule has 3 rings (SSSR count). The highest BCUT2D eigenvalue weighted by Crippen LogP contribution is 2.32. The topological polar surface area (TPSA) is 59.0 Å². The van der Waals surface area contributed by atoms with Crippen LogP contribution in [0.15, 0.2) is 36.7 Å². The summed E-state index contributed by atoms with van der Waals surface area (Å²) in [5.74, 6) is 0.0149. The molecule has 1 aliphatic heterocycles. The maximum atomic E-state index is 11.9. The fourth-order valence-corrected chi connectivity index (χ4v) is 2.31. The molecular weight excluding hydrogens is 240 g/mol. The number of carbonyl (C=O) groups excluding carboxylic acids is 1. The Labute approximate surface area is 111 Å². The maximum Gasteiger partial charge on any atom is 0.246 e. The normalized spacial score (nSPS) is 17.3. The van der Waals surface area contributed by atoms with Crippen molar-refractivity contribution in [3.05, 3.63) is 42.2 Å². The molecule has 2 aromatic rings. The molecule has 2 N–H and O–H groups in total. The van der Waals surface area contributed by atoms with Gasteiger partial charge in [-0.1, -0.05) is 13.0 Å². The summed E-state index contributed by atoms with van der Waals surface area (Å²) in [4.78, 5) is 11.9. The van der Waals surface area contributed by atoms with Gasteiger partial charge in [0, 0.05) is 23.6 Å². The van der Waals surface area contributed by atoms with Gasteiger partial charge >= 0.3 is 0 Å². The Morgan fingerprint density at radius 3 is 3.11 bits per heavy atom. The zero-order valence-electron chi connectivity index (χ0n) is 10.8. The Morgan fingerprint density at radius 2 is 2.37 bits per heavy atom. The lowest BCUT2D eigenvalue weighted by Gasteiger charge is -2.10. The third-order valence-corrected chi connectivity index (χ3v) is 3.24. The summed E-state index contributed by atoms with van der Waals surface area (Å²) in [5.41, 5.74) is 2.82. The number of carbonyl (C=O) groups is 1. The van der Waals surface area contributed by atoms with Crippen LogP contribution in [0.3, 0.4) is 0 Å².